The highest BCUT2D eigenvalue weighted by molar-refractivity contribution is 6.30. The predicted molar refractivity (Wildman–Crippen MR) is 75.7 cm³/mol. The topological polar surface area (TPSA) is 47.0 Å². The number of halogens is 1. The molecule has 1 heterocycles. The molecule has 1 N–H and O–H groups in total. The SMILES string of the molecule is CNC(c1ccnc(C)n1)c1cc(Cl)ccc1OC. The first-order valence-corrected chi connectivity index (χ1v) is 6.33. The van der Waals surface area contributed by atoms with Gasteiger partial charge in [-0.05, 0) is 38.2 Å². The number of methoxy groups -OCH3 is 1. The van der Waals surface area contributed by atoms with Crippen LogP contribution in [0.3, 0.4) is 0 Å². The molecule has 1 unspecified atom stereocenters. The van der Waals surface area contributed by atoms with E-state index in [-0.39, 0.29) is 6.04 Å². The Morgan fingerprint density at radius 1 is 1.32 bits per heavy atom. The Bertz CT molecular complexity index is 574. The molecule has 100 valence electrons. The zero-order valence-electron chi connectivity index (χ0n) is 11.1. The molecular formula is C14H16ClN3O. The van der Waals surface area contributed by atoms with Gasteiger partial charge in [0.25, 0.3) is 0 Å². The summed E-state index contributed by atoms with van der Waals surface area (Å²) in [7, 11) is 3.52. The number of aromatic nitrogens is 2. The molecule has 0 aliphatic heterocycles. The van der Waals surface area contributed by atoms with Crippen molar-refractivity contribution in [2.45, 2.75) is 13.0 Å². The van der Waals surface area contributed by atoms with Crippen molar-refractivity contribution in [3.63, 3.8) is 0 Å². The first-order chi connectivity index (χ1) is 9.15. The molecule has 0 saturated heterocycles. The quantitative estimate of drug-likeness (QED) is 0.933. The Balaban J connectivity index is 2.50. The normalized spacial score (nSPS) is 12.2. The van der Waals surface area contributed by atoms with E-state index >= 15 is 0 Å². The molecule has 2 aromatic rings. The highest BCUT2D eigenvalue weighted by atomic mass is 35.5. The van der Waals surface area contributed by atoms with Crippen LogP contribution in [0.25, 0.3) is 0 Å². The first-order valence-electron chi connectivity index (χ1n) is 5.96. The van der Waals surface area contributed by atoms with Crippen LogP contribution >= 0.6 is 11.6 Å². The van der Waals surface area contributed by atoms with Crippen LogP contribution in [0.4, 0.5) is 0 Å². The molecule has 0 amide bonds. The number of hydrogen-bond acceptors (Lipinski definition) is 4. The largest absolute Gasteiger partial charge is 0.496 e. The van der Waals surface area contributed by atoms with Crippen molar-refractivity contribution in [2.75, 3.05) is 14.2 Å². The van der Waals surface area contributed by atoms with Crippen molar-refractivity contribution in [1.29, 1.82) is 0 Å². The van der Waals surface area contributed by atoms with Crippen molar-refractivity contribution < 1.29 is 4.74 Å². The smallest absolute Gasteiger partial charge is 0.125 e. The average molecular weight is 278 g/mol. The minimum absolute atomic E-state index is 0.0876. The fraction of sp³-hybridized carbons (Fsp3) is 0.286. The van der Waals surface area contributed by atoms with Gasteiger partial charge in [-0.2, -0.15) is 0 Å². The first kappa shape index (κ1) is 13.8. The molecule has 0 aliphatic rings. The van der Waals surface area contributed by atoms with Crippen molar-refractivity contribution >= 4 is 11.6 Å². The molecule has 0 spiro atoms. The summed E-state index contributed by atoms with van der Waals surface area (Å²) in [5.41, 5.74) is 1.84. The number of ether oxygens (including phenoxy) is 1. The van der Waals surface area contributed by atoms with E-state index in [1.165, 1.54) is 0 Å². The van der Waals surface area contributed by atoms with Gasteiger partial charge >= 0.3 is 0 Å². The van der Waals surface area contributed by atoms with E-state index in [1.54, 1.807) is 13.3 Å². The fourth-order valence-corrected chi connectivity index (χ4v) is 2.21. The van der Waals surface area contributed by atoms with E-state index in [2.05, 4.69) is 15.3 Å². The second-order valence-corrected chi connectivity index (χ2v) is 4.57. The predicted octanol–water partition coefficient (Wildman–Crippen LogP) is 2.76. The Kier molecular flexibility index (Phi) is 4.35. The summed E-state index contributed by atoms with van der Waals surface area (Å²) in [6.07, 6.45) is 1.75. The maximum Gasteiger partial charge on any atom is 0.125 e. The zero-order chi connectivity index (χ0) is 13.8. The maximum absolute atomic E-state index is 6.08. The Hall–Kier alpha value is -1.65. The van der Waals surface area contributed by atoms with E-state index in [1.807, 2.05) is 38.2 Å². The van der Waals surface area contributed by atoms with Crippen LogP contribution in [0, 0.1) is 6.92 Å². The number of nitrogens with one attached hydrogen (secondary N) is 1. The van der Waals surface area contributed by atoms with Gasteiger partial charge in [-0.25, -0.2) is 9.97 Å². The summed E-state index contributed by atoms with van der Waals surface area (Å²) in [6.45, 7) is 1.87. The lowest BCUT2D eigenvalue weighted by Gasteiger charge is -2.19. The summed E-state index contributed by atoms with van der Waals surface area (Å²) >= 11 is 6.08. The van der Waals surface area contributed by atoms with E-state index in [9.17, 15) is 0 Å². The fourth-order valence-electron chi connectivity index (χ4n) is 2.03. The van der Waals surface area contributed by atoms with Crippen LogP contribution in [0.15, 0.2) is 30.5 Å². The van der Waals surface area contributed by atoms with Crippen LogP contribution < -0.4 is 10.1 Å². The summed E-state index contributed by atoms with van der Waals surface area (Å²) in [6, 6.07) is 7.35. The van der Waals surface area contributed by atoms with Crippen LogP contribution in [-0.2, 0) is 0 Å². The number of benzene rings is 1. The summed E-state index contributed by atoms with van der Waals surface area (Å²) in [5, 5.41) is 3.90. The monoisotopic (exact) mass is 277 g/mol. The molecule has 0 bridgehead atoms. The molecule has 1 atom stereocenters. The zero-order valence-corrected chi connectivity index (χ0v) is 11.9. The number of aryl methyl sites for hydroxylation is 1. The van der Waals surface area contributed by atoms with Gasteiger partial charge in [0.15, 0.2) is 0 Å². The summed E-state index contributed by atoms with van der Waals surface area (Å²) < 4.78 is 5.39. The average Bonchev–Trinajstić information content (AvgIpc) is 2.40. The molecule has 0 radical (unpaired) electrons. The molecule has 2 rings (SSSR count). The van der Waals surface area contributed by atoms with Crippen molar-refractivity contribution in [3.05, 3.63) is 52.6 Å². The number of nitrogens with zero attached hydrogens (tertiary/aromatic N) is 2. The number of hydrogen-bond donors (Lipinski definition) is 1. The van der Waals surface area contributed by atoms with Gasteiger partial charge in [0.2, 0.25) is 0 Å². The second kappa shape index (κ2) is 5.99. The van der Waals surface area contributed by atoms with E-state index < -0.39 is 0 Å². The maximum atomic E-state index is 6.08. The standard InChI is InChI=1S/C14H16ClN3O/c1-9-17-7-6-12(18-9)14(16-2)11-8-10(15)4-5-13(11)19-3/h4-8,14,16H,1-3H3. The molecule has 0 fully saturated rings. The van der Waals surface area contributed by atoms with Crippen LogP contribution in [0.5, 0.6) is 5.75 Å². The molecule has 4 nitrogen and oxygen atoms in total. The van der Waals surface area contributed by atoms with Gasteiger partial charge in [0.05, 0.1) is 18.8 Å². The number of rotatable bonds is 4. The van der Waals surface area contributed by atoms with Gasteiger partial charge in [0, 0.05) is 16.8 Å². The van der Waals surface area contributed by atoms with Gasteiger partial charge in [-0.3, -0.25) is 0 Å². The lowest BCUT2D eigenvalue weighted by Crippen LogP contribution is -2.20. The Morgan fingerprint density at radius 3 is 2.74 bits per heavy atom. The highest BCUT2D eigenvalue weighted by Crippen LogP contribution is 2.31. The minimum atomic E-state index is -0.0876. The molecule has 19 heavy (non-hydrogen) atoms. The van der Waals surface area contributed by atoms with Gasteiger partial charge in [-0.1, -0.05) is 11.6 Å². The molecular weight excluding hydrogens is 262 g/mol. The lowest BCUT2D eigenvalue weighted by atomic mass is 10.0. The Morgan fingerprint density at radius 2 is 2.11 bits per heavy atom. The minimum Gasteiger partial charge on any atom is -0.496 e. The summed E-state index contributed by atoms with van der Waals surface area (Å²) in [5.74, 6) is 1.51. The van der Waals surface area contributed by atoms with E-state index in [4.69, 9.17) is 16.3 Å². The lowest BCUT2D eigenvalue weighted by molar-refractivity contribution is 0.405. The third-order valence-corrected chi connectivity index (χ3v) is 3.12. The van der Waals surface area contributed by atoms with Crippen LogP contribution in [0.1, 0.15) is 23.1 Å². The van der Waals surface area contributed by atoms with E-state index in [0.29, 0.717) is 5.02 Å². The van der Waals surface area contributed by atoms with Crippen LogP contribution in [0.2, 0.25) is 5.02 Å². The molecule has 0 aliphatic carbocycles. The highest BCUT2D eigenvalue weighted by Gasteiger charge is 2.18. The molecule has 1 aromatic carbocycles. The van der Waals surface area contributed by atoms with Crippen molar-refractivity contribution in [3.8, 4) is 5.75 Å². The second-order valence-electron chi connectivity index (χ2n) is 4.14. The molecule has 5 heteroatoms. The van der Waals surface area contributed by atoms with Crippen LogP contribution in [-0.4, -0.2) is 24.1 Å². The Labute approximate surface area is 117 Å². The van der Waals surface area contributed by atoms with Gasteiger partial charge in [-0.15, -0.1) is 0 Å². The van der Waals surface area contributed by atoms with Crippen molar-refractivity contribution in [1.82, 2.24) is 15.3 Å². The molecule has 1 aromatic heterocycles. The third kappa shape index (κ3) is 3.03. The van der Waals surface area contributed by atoms with E-state index in [0.717, 1.165) is 22.8 Å². The molecule has 0 saturated carbocycles. The van der Waals surface area contributed by atoms with Crippen molar-refractivity contribution in [2.24, 2.45) is 0 Å². The summed E-state index contributed by atoms with van der Waals surface area (Å²) in [4.78, 5) is 8.57. The van der Waals surface area contributed by atoms with Gasteiger partial charge in [0.1, 0.15) is 11.6 Å². The van der Waals surface area contributed by atoms with Gasteiger partial charge < -0.3 is 10.1 Å². The third-order valence-electron chi connectivity index (χ3n) is 2.88.